The molecule has 1 atom stereocenters. The van der Waals surface area contributed by atoms with E-state index < -0.39 is 0 Å². The third kappa shape index (κ3) is 9.66. The predicted molar refractivity (Wildman–Crippen MR) is 61.3 cm³/mol. The van der Waals surface area contributed by atoms with Gasteiger partial charge in [-0.3, -0.25) is 0 Å². The van der Waals surface area contributed by atoms with Crippen LogP contribution in [0.5, 0.6) is 0 Å². The van der Waals surface area contributed by atoms with Crippen molar-refractivity contribution in [1.82, 2.24) is 0 Å². The van der Waals surface area contributed by atoms with Gasteiger partial charge in [-0.2, -0.15) is 0 Å². The van der Waals surface area contributed by atoms with Crippen molar-refractivity contribution in [3.8, 4) is 0 Å². The lowest BCUT2D eigenvalue weighted by molar-refractivity contribution is 0.648. The van der Waals surface area contributed by atoms with Crippen molar-refractivity contribution in [2.45, 2.75) is 51.9 Å². The van der Waals surface area contributed by atoms with E-state index in [2.05, 4.69) is 32.9 Å². The Balaban J connectivity index is 3.20. The average Bonchev–Trinajstić information content (AvgIpc) is 2.11. The molecule has 0 aromatic carbocycles. The molecular weight excluding hydrogens is 156 g/mol. The zero-order valence-electron chi connectivity index (χ0n) is 9.10. The first kappa shape index (κ1) is 12.7. The highest BCUT2D eigenvalue weighted by molar-refractivity contribution is 4.86. The lowest BCUT2D eigenvalue weighted by atomic mass is 10.0. The highest BCUT2D eigenvalue weighted by atomic mass is 14.0. The summed E-state index contributed by atoms with van der Waals surface area (Å²) in [4.78, 5) is 0. The first-order valence-electron chi connectivity index (χ1n) is 5.56. The Kier molecular flexibility index (Phi) is 9.63. The third-order valence-corrected chi connectivity index (χ3v) is 2.24. The Labute approximate surface area is 84.4 Å². The normalized spacial score (nSPS) is 13.8. The van der Waals surface area contributed by atoms with Crippen LogP contribution in [0.2, 0.25) is 0 Å². The third-order valence-electron chi connectivity index (χ3n) is 2.24. The average molecular weight is 180 g/mol. The molecule has 0 saturated heterocycles. The molecule has 0 N–H and O–H groups in total. The van der Waals surface area contributed by atoms with Crippen LogP contribution in [-0.2, 0) is 0 Å². The molecule has 0 spiro atoms. The van der Waals surface area contributed by atoms with Crippen LogP contribution in [0.1, 0.15) is 51.9 Å². The van der Waals surface area contributed by atoms with E-state index in [1.54, 1.807) is 0 Å². The van der Waals surface area contributed by atoms with Crippen molar-refractivity contribution in [2.75, 3.05) is 0 Å². The molecule has 76 valence electrons. The van der Waals surface area contributed by atoms with Crippen LogP contribution >= 0.6 is 0 Å². The molecule has 0 heterocycles. The summed E-state index contributed by atoms with van der Waals surface area (Å²) < 4.78 is 0. The van der Waals surface area contributed by atoms with Crippen LogP contribution in [0.15, 0.2) is 12.2 Å². The summed E-state index contributed by atoms with van der Waals surface area (Å²) in [6.07, 6.45) is 13.2. The molecule has 0 aromatic rings. The molecule has 0 saturated carbocycles. The first-order chi connectivity index (χ1) is 6.31. The van der Waals surface area contributed by atoms with E-state index in [9.17, 15) is 0 Å². The van der Waals surface area contributed by atoms with E-state index >= 15 is 0 Å². The van der Waals surface area contributed by atoms with Gasteiger partial charge in [0.25, 0.3) is 0 Å². The number of hydrogen-bond acceptors (Lipinski definition) is 0. The first-order valence-corrected chi connectivity index (χ1v) is 5.56. The van der Waals surface area contributed by atoms with Gasteiger partial charge < -0.3 is 0 Å². The van der Waals surface area contributed by atoms with Crippen LogP contribution in [0.25, 0.3) is 0 Å². The minimum Gasteiger partial charge on any atom is -0.0883 e. The lowest BCUT2D eigenvalue weighted by Crippen LogP contribution is -1.87. The summed E-state index contributed by atoms with van der Waals surface area (Å²) in [6, 6.07) is 0. The van der Waals surface area contributed by atoms with Gasteiger partial charge in [0.2, 0.25) is 0 Å². The Morgan fingerprint density at radius 2 is 1.85 bits per heavy atom. The minimum absolute atomic E-state index is 0.713. The zero-order valence-corrected chi connectivity index (χ0v) is 9.10. The molecule has 0 heteroatoms. The maximum absolute atomic E-state index is 3.85. The summed E-state index contributed by atoms with van der Waals surface area (Å²) in [6.45, 7) is 9.95. The molecule has 2 radical (unpaired) electrons. The molecule has 0 bridgehead atoms. The highest BCUT2D eigenvalue weighted by Crippen LogP contribution is 2.08. The maximum atomic E-state index is 3.85. The van der Waals surface area contributed by atoms with Crippen molar-refractivity contribution in [3.05, 3.63) is 26.0 Å². The quantitative estimate of drug-likeness (QED) is 0.379. The fraction of sp³-hybridized carbons (Fsp3) is 0.692. The molecule has 0 aliphatic rings. The molecule has 1 unspecified atom stereocenters. The maximum Gasteiger partial charge on any atom is -0.0262 e. The summed E-state index contributed by atoms with van der Waals surface area (Å²) in [5.74, 6) is 0.713. The second-order valence-corrected chi connectivity index (χ2v) is 3.75. The van der Waals surface area contributed by atoms with Gasteiger partial charge in [-0.15, -0.1) is 0 Å². The number of rotatable bonds is 8. The summed E-state index contributed by atoms with van der Waals surface area (Å²) in [5.41, 5.74) is 0. The molecule has 0 nitrogen and oxygen atoms in total. The van der Waals surface area contributed by atoms with Crippen molar-refractivity contribution in [2.24, 2.45) is 5.92 Å². The number of unbranched alkanes of at least 4 members (excludes halogenated alkanes) is 4. The molecule has 0 aliphatic heterocycles. The fourth-order valence-electron chi connectivity index (χ4n) is 1.36. The van der Waals surface area contributed by atoms with Crippen LogP contribution in [0, 0.1) is 19.8 Å². The van der Waals surface area contributed by atoms with Gasteiger partial charge in [0.05, 0.1) is 0 Å². The van der Waals surface area contributed by atoms with E-state index in [1.165, 1.54) is 32.1 Å². The van der Waals surface area contributed by atoms with Crippen molar-refractivity contribution in [1.29, 1.82) is 0 Å². The Bertz CT molecular complexity index is 113. The molecule has 0 aliphatic carbocycles. The molecule has 0 fully saturated rings. The van der Waals surface area contributed by atoms with Gasteiger partial charge in [0, 0.05) is 0 Å². The SMILES string of the molecule is [CH2]CCCCCC=CC(C)CC[CH2]. The van der Waals surface area contributed by atoms with Crippen molar-refractivity contribution >= 4 is 0 Å². The van der Waals surface area contributed by atoms with Crippen LogP contribution in [0.3, 0.4) is 0 Å². The fourth-order valence-corrected chi connectivity index (χ4v) is 1.36. The van der Waals surface area contributed by atoms with Crippen molar-refractivity contribution < 1.29 is 0 Å². The Morgan fingerprint density at radius 1 is 1.08 bits per heavy atom. The van der Waals surface area contributed by atoms with E-state index in [1.807, 2.05) is 0 Å². The molecule has 13 heavy (non-hydrogen) atoms. The summed E-state index contributed by atoms with van der Waals surface area (Å²) in [5, 5.41) is 0. The monoisotopic (exact) mass is 180 g/mol. The van der Waals surface area contributed by atoms with E-state index in [-0.39, 0.29) is 0 Å². The standard InChI is InChI=1S/C13H24/c1-4-6-7-8-9-10-12-13(3)11-5-2/h10,12-13H,1-2,4-9,11H2,3H3. The van der Waals surface area contributed by atoms with Gasteiger partial charge >= 0.3 is 0 Å². The number of hydrogen-bond donors (Lipinski definition) is 0. The molecule has 0 aromatic heterocycles. The van der Waals surface area contributed by atoms with E-state index in [0.717, 1.165) is 12.8 Å². The topological polar surface area (TPSA) is 0 Å². The Hall–Kier alpha value is -0.260. The zero-order chi connectivity index (χ0) is 9.94. The van der Waals surface area contributed by atoms with Crippen molar-refractivity contribution in [3.63, 3.8) is 0 Å². The van der Waals surface area contributed by atoms with Gasteiger partial charge in [-0.05, 0) is 25.2 Å². The van der Waals surface area contributed by atoms with Gasteiger partial charge in [-0.1, -0.05) is 58.6 Å². The lowest BCUT2D eigenvalue weighted by Gasteiger charge is -2.01. The van der Waals surface area contributed by atoms with Gasteiger partial charge in [0.1, 0.15) is 0 Å². The predicted octanol–water partition coefficient (Wildman–Crippen LogP) is 4.58. The van der Waals surface area contributed by atoms with Gasteiger partial charge in [0.15, 0.2) is 0 Å². The van der Waals surface area contributed by atoms with Gasteiger partial charge in [-0.25, -0.2) is 0 Å². The Morgan fingerprint density at radius 3 is 2.46 bits per heavy atom. The number of allylic oxidation sites excluding steroid dienone is 2. The largest absolute Gasteiger partial charge is 0.0883 e. The summed E-state index contributed by atoms with van der Waals surface area (Å²) >= 11 is 0. The van der Waals surface area contributed by atoms with Crippen LogP contribution < -0.4 is 0 Å². The van der Waals surface area contributed by atoms with Crippen LogP contribution in [-0.4, -0.2) is 0 Å². The molecular formula is C13H24. The van der Waals surface area contributed by atoms with Crippen LogP contribution in [0.4, 0.5) is 0 Å². The van der Waals surface area contributed by atoms with E-state index in [0.29, 0.717) is 5.92 Å². The molecule has 0 rings (SSSR count). The van der Waals surface area contributed by atoms with E-state index in [4.69, 9.17) is 0 Å². The highest BCUT2D eigenvalue weighted by Gasteiger charge is 1.92. The smallest absolute Gasteiger partial charge is 0.0262 e. The summed E-state index contributed by atoms with van der Waals surface area (Å²) in [7, 11) is 0. The second kappa shape index (κ2) is 9.83. The molecule has 0 amide bonds. The minimum atomic E-state index is 0.713. The second-order valence-electron chi connectivity index (χ2n) is 3.75.